The zero-order valence-electron chi connectivity index (χ0n) is 13.0. The van der Waals surface area contributed by atoms with Crippen LogP contribution in [0.15, 0.2) is 54.6 Å². The molecule has 3 heteroatoms. The maximum absolute atomic E-state index is 11.6. The molecule has 0 radical (unpaired) electrons. The van der Waals surface area contributed by atoms with Crippen LogP contribution in [0, 0.1) is 5.92 Å². The smallest absolute Gasteiger partial charge is 0.311 e. The van der Waals surface area contributed by atoms with Crippen LogP contribution in [0.4, 0.5) is 0 Å². The Balaban J connectivity index is 2.22. The van der Waals surface area contributed by atoms with E-state index in [0.29, 0.717) is 18.9 Å². The number of rotatable bonds is 7. The fourth-order valence-corrected chi connectivity index (χ4v) is 2.32. The molecule has 0 saturated carbocycles. The summed E-state index contributed by atoms with van der Waals surface area (Å²) in [6, 6.07) is 17.0. The quantitative estimate of drug-likeness (QED) is 0.836. The van der Waals surface area contributed by atoms with E-state index in [1.165, 1.54) is 0 Å². The summed E-state index contributed by atoms with van der Waals surface area (Å²) >= 11 is 0. The largest absolute Gasteiger partial charge is 0.493 e. The lowest BCUT2D eigenvalue weighted by molar-refractivity contribution is -0.138. The van der Waals surface area contributed by atoms with Gasteiger partial charge in [0.1, 0.15) is 5.75 Å². The third-order valence-corrected chi connectivity index (χ3v) is 3.47. The van der Waals surface area contributed by atoms with Gasteiger partial charge in [-0.25, -0.2) is 0 Å². The van der Waals surface area contributed by atoms with Crippen molar-refractivity contribution in [1.82, 2.24) is 0 Å². The molecule has 0 saturated heterocycles. The highest BCUT2D eigenvalue weighted by molar-refractivity contribution is 5.76. The van der Waals surface area contributed by atoms with Crippen molar-refractivity contribution in [2.75, 3.05) is 6.61 Å². The van der Waals surface area contributed by atoms with E-state index in [9.17, 15) is 9.90 Å². The molecule has 1 atom stereocenters. The standard InChI is InChI=1S/C19H22O3/c1-14(2)13-22-18-11-7-6-10-16(18)12-17(19(20)21)15-8-4-3-5-9-15/h3-11,14,17H,12-13H2,1-2H3,(H,20,21). The van der Waals surface area contributed by atoms with Crippen molar-refractivity contribution >= 4 is 5.97 Å². The maximum Gasteiger partial charge on any atom is 0.311 e. The van der Waals surface area contributed by atoms with Gasteiger partial charge in [0, 0.05) is 0 Å². The SMILES string of the molecule is CC(C)COc1ccccc1CC(C(=O)O)c1ccccc1. The molecule has 0 aromatic heterocycles. The zero-order chi connectivity index (χ0) is 15.9. The molecule has 2 aromatic rings. The van der Waals surface area contributed by atoms with Crippen molar-refractivity contribution in [2.24, 2.45) is 5.92 Å². The van der Waals surface area contributed by atoms with Crippen LogP contribution in [-0.4, -0.2) is 17.7 Å². The van der Waals surface area contributed by atoms with Gasteiger partial charge in [-0.05, 0) is 29.5 Å². The second-order valence-electron chi connectivity index (χ2n) is 5.82. The lowest BCUT2D eigenvalue weighted by Gasteiger charge is -2.17. The summed E-state index contributed by atoms with van der Waals surface area (Å²) in [5.74, 6) is -0.175. The maximum atomic E-state index is 11.6. The van der Waals surface area contributed by atoms with E-state index in [0.717, 1.165) is 16.9 Å². The Bertz CT molecular complexity index is 605. The number of carbonyl (C=O) groups is 1. The minimum absolute atomic E-state index is 0.424. The van der Waals surface area contributed by atoms with Crippen LogP contribution in [0.3, 0.4) is 0 Å². The molecule has 0 heterocycles. The van der Waals surface area contributed by atoms with Gasteiger partial charge in [0.05, 0.1) is 12.5 Å². The normalized spacial score (nSPS) is 12.1. The van der Waals surface area contributed by atoms with Crippen LogP contribution in [-0.2, 0) is 11.2 Å². The number of aliphatic carboxylic acids is 1. The summed E-state index contributed by atoms with van der Waals surface area (Å²) in [7, 11) is 0. The molecular formula is C19H22O3. The van der Waals surface area contributed by atoms with E-state index in [1.54, 1.807) is 0 Å². The van der Waals surface area contributed by atoms with Crippen molar-refractivity contribution < 1.29 is 14.6 Å². The molecule has 0 aliphatic heterocycles. The Labute approximate surface area is 131 Å². The summed E-state index contributed by atoms with van der Waals surface area (Å²) in [6.45, 7) is 4.80. The van der Waals surface area contributed by atoms with Gasteiger partial charge < -0.3 is 9.84 Å². The number of carboxylic acid groups (broad SMARTS) is 1. The number of hydrogen-bond donors (Lipinski definition) is 1. The third-order valence-electron chi connectivity index (χ3n) is 3.47. The zero-order valence-corrected chi connectivity index (χ0v) is 13.0. The Hall–Kier alpha value is -2.29. The second kappa shape index (κ2) is 7.64. The first-order valence-electron chi connectivity index (χ1n) is 7.56. The van der Waals surface area contributed by atoms with Gasteiger partial charge in [-0.3, -0.25) is 4.79 Å². The summed E-state index contributed by atoms with van der Waals surface area (Å²) in [4.78, 5) is 11.6. The molecular weight excluding hydrogens is 276 g/mol. The molecule has 0 aliphatic rings. The van der Waals surface area contributed by atoms with Gasteiger partial charge in [-0.15, -0.1) is 0 Å². The molecule has 2 rings (SSSR count). The average molecular weight is 298 g/mol. The van der Waals surface area contributed by atoms with E-state index in [1.807, 2.05) is 54.6 Å². The highest BCUT2D eigenvalue weighted by Crippen LogP contribution is 2.27. The monoisotopic (exact) mass is 298 g/mol. The van der Waals surface area contributed by atoms with Gasteiger partial charge in [0.15, 0.2) is 0 Å². The molecule has 0 fully saturated rings. The minimum atomic E-state index is -0.815. The van der Waals surface area contributed by atoms with Gasteiger partial charge in [0.2, 0.25) is 0 Å². The van der Waals surface area contributed by atoms with E-state index in [2.05, 4.69) is 13.8 Å². The molecule has 0 amide bonds. The Morgan fingerprint density at radius 3 is 2.32 bits per heavy atom. The van der Waals surface area contributed by atoms with Crippen molar-refractivity contribution in [3.05, 3.63) is 65.7 Å². The predicted molar refractivity (Wildman–Crippen MR) is 87.3 cm³/mol. The average Bonchev–Trinajstić information content (AvgIpc) is 2.52. The van der Waals surface area contributed by atoms with E-state index >= 15 is 0 Å². The third kappa shape index (κ3) is 4.35. The second-order valence-corrected chi connectivity index (χ2v) is 5.82. The van der Waals surface area contributed by atoms with Crippen molar-refractivity contribution in [2.45, 2.75) is 26.2 Å². The number of carboxylic acids is 1. The number of ether oxygens (including phenoxy) is 1. The molecule has 2 aromatic carbocycles. The van der Waals surface area contributed by atoms with Gasteiger partial charge in [0.25, 0.3) is 0 Å². The fraction of sp³-hybridized carbons (Fsp3) is 0.316. The van der Waals surface area contributed by atoms with Crippen LogP contribution < -0.4 is 4.74 Å². The highest BCUT2D eigenvalue weighted by Gasteiger charge is 2.21. The van der Waals surface area contributed by atoms with Crippen molar-refractivity contribution in [3.63, 3.8) is 0 Å². The van der Waals surface area contributed by atoms with Gasteiger partial charge in [-0.1, -0.05) is 62.4 Å². The molecule has 1 N–H and O–H groups in total. The molecule has 0 bridgehead atoms. The first-order chi connectivity index (χ1) is 10.6. The van der Waals surface area contributed by atoms with E-state index < -0.39 is 11.9 Å². The molecule has 116 valence electrons. The first-order valence-corrected chi connectivity index (χ1v) is 7.56. The summed E-state index contributed by atoms with van der Waals surface area (Å²) in [6.07, 6.45) is 0.424. The van der Waals surface area contributed by atoms with Crippen LogP contribution in [0.2, 0.25) is 0 Å². The summed E-state index contributed by atoms with van der Waals surface area (Å²) < 4.78 is 5.82. The van der Waals surface area contributed by atoms with E-state index in [-0.39, 0.29) is 0 Å². The predicted octanol–water partition coefficient (Wildman–Crippen LogP) is 4.13. The minimum Gasteiger partial charge on any atom is -0.493 e. The van der Waals surface area contributed by atoms with E-state index in [4.69, 9.17) is 4.74 Å². The van der Waals surface area contributed by atoms with Crippen molar-refractivity contribution in [3.8, 4) is 5.75 Å². The highest BCUT2D eigenvalue weighted by atomic mass is 16.5. The van der Waals surface area contributed by atoms with Crippen molar-refractivity contribution in [1.29, 1.82) is 0 Å². The molecule has 3 nitrogen and oxygen atoms in total. The lowest BCUT2D eigenvalue weighted by atomic mass is 9.92. The van der Waals surface area contributed by atoms with Crippen LogP contribution >= 0.6 is 0 Å². The number of para-hydroxylation sites is 1. The molecule has 0 aliphatic carbocycles. The molecule has 22 heavy (non-hydrogen) atoms. The molecule has 1 unspecified atom stereocenters. The lowest BCUT2D eigenvalue weighted by Crippen LogP contribution is -2.15. The van der Waals surface area contributed by atoms with Gasteiger partial charge in [-0.2, -0.15) is 0 Å². The van der Waals surface area contributed by atoms with Gasteiger partial charge >= 0.3 is 5.97 Å². The first kappa shape index (κ1) is 16.1. The topological polar surface area (TPSA) is 46.5 Å². The summed E-state index contributed by atoms with van der Waals surface area (Å²) in [5.41, 5.74) is 1.74. The fourth-order valence-electron chi connectivity index (χ4n) is 2.32. The molecule has 0 spiro atoms. The number of benzene rings is 2. The Kier molecular flexibility index (Phi) is 5.59. The Morgan fingerprint density at radius 2 is 1.68 bits per heavy atom. The van der Waals surface area contributed by atoms with Crippen LogP contribution in [0.1, 0.15) is 30.9 Å². The van der Waals surface area contributed by atoms with Crippen LogP contribution in [0.5, 0.6) is 5.75 Å². The number of hydrogen-bond acceptors (Lipinski definition) is 2. The summed E-state index contributed by atoms with van der Waals surface area (Å²) in [5, 5.41) is 9.56. The Morgan fingerprint density at radius 1 is 1.05 bits per heavy atom. The van der Waals surface area contributed by atoms with Crippen LogP contribution in [0.25, 0.3) is 0 Å².